The van der Waals surface area contributed by atoms with Gasteiger partial charge < -0.3 is 9.47 Å². The summed E-state index contributed by atoms with van der Waals surface area (Å²) in [7, 11) is 1.50. The fraction of sp³-hybridized carbons (Fsp3) is 0.176. The quantitative estimate of drug-likeness (QED) is 0.549. The molecule has 0 spiro atoms. The Balaban J connectivity index is 2.15. The molecule has 0 bridgehead atoms. The van der Waals surface area contributed by atoms with E-state index in [4.69, 9.17) is 21.1 Å². The zero-order valence-electron chi connectivity index (χ0n) is 12.5. The Bertz CT molecular complexity index is 745. The van der Waals surface area contributed by atoms with E-state index in [1.165, 1.54) is 20.1 Å². The third-order valence-corrected chi connectivity index (χ3v) is 4.08. The van der Waals surface area contributed by atoms with Gasteiger partial charge in [0.05, 0.1) is 12.7 Å². The largest absolute Gasteiger partial charge is 0.497 e. The van der Waals surface area contributed by atoms with Gasteiger partial charge in [0, 0.05) is 15.1 Å². The van der Waals surface area contributed by atoms with Gasteiger partial charge in [-0.15, -0.1) is 0 Å². The summed E-state index contributed by atoms with van der Waals surface area (Å²) in [5.41, 5.74) is 0.678. The molecular formula is C17H14BrClO4. The molecule has 0 fully saturated rings. The second kappa shape index (κ2) is 7.62. The van der Waals surface area contributed by atoms with Crippen LogP contribution in [-0.4, -0.2) is 25.0 Å². The highest BCUT2D eigenvalue weighted by atomic mass is 79.9. The lowest BCUT2D eigenvalue weighted by Gasteiger charge is -2.13. The second-order valence-corrected chi connectivity index (χ2v) is 6.06. The first-order valence-corrected chi connectivity index (χ1v) is 7.93. The minimum Gasteiger partial charge on any atom is -0.497 e. The minimum absolute atomic E-state index is 0.287. The van der Waals surface area contributed by atoms with Crippen molar-refractivity contribution in [3.63, 3.8) is 0 Å². The first kappa shape index (κ1) is 17.5. The van der Waals surface area contributed by atoms with Crippen molar-refractivity contribution in [3.8, 4) is 5.75 Å². The van der Waals surface area contributed by atoms with Crippen LogP contribution in [0.1, 0.15) is 27.6 Å². The van der Waals surface area contributed by atoms with Crippen LogP contribution in [0.2, 0.25) is 5.02 Å². The predicted molar refractivity (Wildman–Crippen MR) is 91.4 cm³/mol. The zero-order valence-corrected chi connectivity index (χ0v) is 14.8. The summed E-state index contributed by atoms with van der Waals surface area (Å²) in [6.45, 7) is 1.52. The van der Waals surface area contributed by atoms with Crippen LogP contribution >= 0.6 is 27.5 Å². The van der Waals surface area contributed by atoms with Crippen LogP contribution < -0.4 is 4.74 Å². The third-order valence-electron chi connectivity index (χ3n) is 3.16. The summed E-state index contributed by atoms with van der Waals surface area (Å²) in [5.74, 6) is -0.410. The van der Waals surface area contributed by atoms with Gasteiger partial charge >= 0.3 is 5.97 Å². The number of ketones is 1. The van der Waals surface area contributed by atoms with E-state index in [-0.39, 0.29) is 11.3 Å². The van der Waals surface area contributed by atoms with Gasteiger partial charge in [-0.25, -0.2) is 4.79 Å². The van der Waals surface area contributed by atoms with Crippen LogP contribution in [-0.2, 0) is 4.74 Å². The molecule has 0 saturated carbocycles. The van der Waals surface area contributed by atoms with Gasteiger partial charge in [-0.3, -0.25) is 4.79 Å². The highest BCUT2D eigenvalue weighted by molar-refractivity contribution is 9.10. The summed E-state index contributed by atoms with van der Waals surface area (Å²) in [6.07, 6.45) is -0.931. The van der Waals surface area contributed by atoms with E-state index in [1.54, 1.807) is 36.4 Å². The molecule has 0 radical (unpaired) electrons. The molecule has 0 aromatic heterocycles. The average molecular weight is 398 g/mol. The van der Waals surface area contributed by atoms with Crippen LogP contribution in [0.4, 0.5) is 0 Å². The Morgan fingerprint density at radius 3 is 2.57 bits per heavy atom. The van der Waals surface area contributed by atoms with Gasteiger partial charge in [-0.2, -0.15) is 0 Å². The lowest BCUT2D eigenvalue weighted by molar-refractivity contribution is 0.0317. The Labute approximate surface area is 147 Å². The van der Waals surface area contributed by atoms with Crippen molar-refractivity contribution in [3.05, 3.63) is 63.1 Å². The van der Waals surface area contributed by atoms with Crippen molar-refractivity contribution < 1.29 is 19.1 Å². The van der Waals surface area contributed by atoms with Gasteiger partial charge in [0.2, 0.25) is 5.78 Å². The molecule has 0 aliphatic carbocycles. The number of methoxy groups -OCH3 is 1. The van der Waals surface area contributed by atoms with Crippen molar-refractivity contribution in [1.29, 1.82) is 0 Å². The summed E-state index contributed by atoms with van der Waals surface area (Å²) in [4.78, 5) is 24.6. The molecule has 120 valence electrons. The number of carbonyl (C=O) groups excluding carboxylic acids is 2. The molecule has 0 saturated heterocycles. The lowest BCUT2D eigenvalue weighted by Crippen LogP contribution is -2.24. The van der Waals surface area contributed by atoms with Crippen molar-refractivity contribution in [1.82, 2.24) is 0 Å². The topological polar surface area (TPSA) is 52.6 Å². The van der Waals surface area contributed by atoms with Crippen molar-refractivity contribution in [2.75, 3.05) is 7.11 Å². The molecule has 2 rings (SSSR count). The molecule has 2 aromatic carbocycles. The molecule has 0 amide bonds. The Morgan fingerprint density at radius 1 is 1.17 bits per heavy atom. The van der Waals surface area contributed by atoms with E-state index < -0.39 is 12.1 Å². The zero-order chi connectivity index (χ0) is 17.0. The van der Waals surface area contributed by atoms with E-state index in [9.17, 15) is 9.59 Å². The molecule has 2 aromatic rings. The molecule has 0 aliphatic rings. The highest BCUT2D eigenvalue weighted by Gasteiger charge is 2.22. The van der Waals surface area contributed by atoms with Crippen molar-refractivity contribution in [2.24, 2.45) is 0 Å². The van der Waals surface area contributed by atoms with E-state index in [1.807, 2.05) is 0 Å². The first-order valence-electron chi connectivity index (χ1n) is 6.76. The number of halogens is 2. The molecular weight excluding hydrogens is 384 g/mol. The molecule has 1 atom stereocenters. The smallest absolute Gasteiger partial charge is 0.340 e. The number of hydrogen-bond donors (Lipinski definition) is 0. The molecule has 6 heteroatoms. The van der Waals surface area contributed by atoms with Crippen LogP contribution in [0.25, 0.3) is 0 Å². The van der Waals surface area contributed by atoms with Gasteiger partial charge in [-0.1, -0.05) is 23.7 Å². The van der Waals surface area contributed by atoms with E-state index >= 15 is 0 Å². The summed E-state index contributed by atoms with van der Waals surface area (Å²) >= 11 is 9.15. The highest BCUT2D eigenvalue weighted by Crippen LogP contribution is 2.24. The molecule has 1 unspecified atom stereocenters. The first-order chi connectivity index (χ1) is 10.9. The van der Waals surface area contributed by atoms with Crippen molar-refractivity contribution in [2.45, 2.75) is 13.0 Å². The molecule has 23 heavy (non-hydrogen) atoms. The van der Waals surface area contributed by atoms with E-state index in [0.29, 0.717) is 20.8 Å². The number of hydrogen-bond acceptors (Lipinski definition) is 4. The maximum atomic E-state index is 12.3. The van der Waals surface area contributed by atoms with Crippen LogP contribution in [0, 0.1) is 0 Å². The van der Waals surface area contributed by atoms with Crippen molar-refractivity contribution >= 4 is 39.3 Å². The molecule has 0 aliphatic heterocycles. The number of rotatable bonds is 5. The van der Waals surface area contributed by atoms with E-state index in [2.05, 4.69) is 15.9 Å². The number of benzene rings is 2. The standard InChI is InChI=1S/C17H14BrClO4/c1-10(16(20)11-4-3-5-12(19)8-11)23-17(21)14-9-13(22-2)6-7-15(14)18/h3-10H,1-2H3. The Hall–Kier alpha value is -1.85. The normalized spacial score (nSPS) is 11.7. The maximum Gasteiger partial charge on any atom is 0.340 e. The molecule has 0 N–H and O–H groups in total. The summed E-state index contributed by atoms with van der Waals surface area (Å²) in [5, 5.41) is 0.449. The monoisotopic (exact) mass is 396 g/mol. The second-order valence-electron chi connectivity index (χ2n) is 4.77. The van der Waals surface area contributed by atoms with Gasteiger partial charge in [0.15, 0.2) is 6.10 Å². The Morgan fingerprint density at radius 2 is 1.91 bits per heavy atom. The summed E-state index contributed by atoms with van der Waals surface area (Å²) < 4.78 is 10.9. The maximum absolute atomic E-state index is 12.3. The SMILES string of the molecule is COc1ccc(Br)c(C(=O)OC(C)C(=O)c2cccc(Cl)c2)c1. The minimum atomic E-state index is -0.931. The lowest BCUT2D eigenvalue weighted by atomic mass is 10.1. The Kier molecular flexibility index (Phi) is 5.80. The van der Waals surface area contributed by atoms with Gasteiger partial charge in [-0.05, 0) is 53.2 Å². The van der Waals surface area contributed by atoms with Gasteiger partial charge in [0.1, 0.15) is 5.75 Å². The van der Waals surface area contributed by atoms with Crippen LogP contribution in [0.3, 0.4) is 0 Å². The van der Waals surface area contributed by atoms with Crippen LogP contribution in [0.5, 0.6) is 5.75 Å². The van der Waals surface area contributed by atoms with E-state index in [0.717, 1.165) is 0 Å². The van der Waals surface area contributed by atoms with Gasteiger partial charge in [0.25, 0.3) is 0 Å². The number of ether oxygens (including phenoxy) is 2. The predicted octanol–water partition coefficient (Wildman–Crippen LogP) is 4.54. The average Bonchev–Trinajstić information content (AvgIpc) is 2.54. The summed E-state index contributed by atoms with van der Waals surface area (Å²) in [6, 6.07) is 11.4. The van der Waals surface area contributed by atoms with Crippen LogP contribution in [0.15, 0.2) is 46.9 Å². The fourth-order valence-corrected chi connectivity index (χ4v) is 2.54. The number of carbonyl (C=O) groups is 2. The molecule has 0 heterocycles. The molecule has 4 nitrogen and oxygen atoms in total. The fourth-order valence-electron chi connectivity index (χ4n) is 1.94. The number of esters is 1. The number of Topliss-reactive ketones (excluding diaryl/α,β-unsaturated/α-hetero) is 1. The third kappa shape index (κ3) is 4.33.